The molecule has 2 aromatic carbocycles. The standard InChI is InChI=1S/C22H19N3OS3/c1-15-7-9-16(10-8-15)11-18-12-23-21(29-18)25-20(26)14-28-22-24-19(13-27-22)17-5-3-2-4-6-17/h2-10,12-13H,11,14H2,1H3,(H,23,25,26). The van der Waals surface area contributed by atoms with Gasteiger partial charge >= 0.3 is 0 Å². The lowest BCUT2D eigenvalue weighted by Crippen LogP contribution is -2.13. The first-order valence-electron chi connectivity index (χ1n) is 9.09. The van der Waals surface area contributed by atoms with E-state index in [-0.39, 0.29) is 5.91 Å². The smallest absolute Gasteiger partial charge is 0.236 e. The highest BCUT2D eigenvalue weighted by atomic mass is 32.2. The Hall–Kier alpha value is -2.48. The molecule has 4 rings (SSSR count). The van der Waals surface area contributed by atoms with Gasteiger partial charge in [-0.3, -0.25) is 4.79 Å². The molecule has 2 aromatic heterocycles. The first-order chi connectivity index (χ1) is 14.2. The Kier molecular flexibility index (Phi) is 6.39. The summed E-state index contributed by atoms with van der Waals surface area (Å²) in [7, 11) is 0. The summed E-state index contributed by atoms with van der Waals surface area (Å²) in [6.07, 6.45) is 2.66. The van der Waals surface area contributed by atoms with E-state index in [0.717, 1.165) is 26.9 Å². The van der Waals surface area contributed by atoms with Crippen LogP contribution in [0.2, 0.25) is 0 Å². The van der Waals surface area contributed by atoms with Crippen molar-refractivity contribution in [2.24, 2.45) is 0 Å². The average Bonchev–Trinajstić information content (AvgIpc) is 3.38. The number of hydrogen-bond acceptors (Lipinski definition) is 6. The molecule has 0 radical (unpaired) electrons. The Balaban J connectivity index is 1.28. The van der Waals surface area contributed by atoms with E-state index in [0.29, 0.717) is 10.9 Å². The summed E-state index contributed by atoms with van der Waals surface area (Å²) in [6.45, 7) is 2.08. The number of thioether (sulfide) groups is 1. The number of aryl methyl sites for hydroxylation is 1. The Morgan fingerprint density at radius 3 is 2.69 bits per heavy atom. The van der Waals surface area contributed by atoms with Crippen molar-refractivity contribution in [2.45, 2.75) is 17.7 Å². The fourth-order valence-electron chi connectivity index (χ4n) is 2.70. The van der Waals surface area contributed by atoms with Crippen molar-refractivity contribution < 1.29 is 4.79 Å². The second kappa shape index (κ2) is 9.35. The van der Waals surface area contributed by atoms with Gasteiger partial charge in [0.05, 0.1) is 11.4 Å². The quantitative estimate of drug-likeness (QED) is 0.366. The van der Waals surface area contributed by atoms with Crippen molar-refractivity contribution in [3.05, 3.63) is 82.2 Å². The molecule has 4 nitrogen and oxygen atoms in total. The van der Waals surface area contributed by atoms with Crippen LogP contribution in [0.3, 0.4) is 0 Å². The molecule has 0 aliphatic heterocycles. The van der Waals surface area contributed by atoms with Gasteiger partial charge < -0.3 is 5.32 Å². The molecule has 0 atom stereocenters. The van der Waals surface area contributed by atoms with E-state index >= 15 is 0 Å². The Morgan fingerprint density at radius 1 is 1.10 bits per heavy atom. The lowest BCUT2D eigenvalue weighted by molar-refractivity contribution is -0.113. The Morgan fingerprint density at radius 2 is 1.90 bits per heavy atom. The van der Waals surface area contributed by atoms with Crippen molar-refractivity contribution in [1.82, 2.24) is 9.97 Å². The predicted octanol–water partition coefficient (Wildman–Crippen LogP) is 5.90. The molecule has 7 heteroatoms. The van der Waals surface area contributed by atoms with Crippen LogP contribution in [-0.2, 0) is 11.2 Å². The van der Waals surface area contributed by atoms with Crippen LogP contribution < -0.4 is 5.32 Å². The van der Waals surface area contributed by atoms with Crippen LogP contribution in [0, 0.1) is 6.92 Å². The number of hydrogen-bond donors (Lipinski definition) is 1. The molecule has 0 saturated heterocycles. The van der Waals surface area contributed by atoms with Crippen molar-refractivity contribution in [2.75, 3.05) is 11.1 Å². The number of thiazole rings is 2. The van der Waals surface area contributed by atoms with Gasteiger partial charge in [0.2, 0.25) is 5.91 Å². The summed E-state index contributed by atoms with van der Waals surface area (Å²) in [5.74, 6) is 0.247. The molecule has 0 aliphatic rings. The molecule has 29 heavy (non-hydrogen) atoms. The van der Waals surface area contributed by atoms with Crippen LogP contribution >= 0.6 is 34.4 Å². The molecule has 0 saturated carbocycles. The number of aromatic nitrogens is 2. The van der Waals surface area contributed by atoms with Gasteiger partial charge in [0, 0.05) is 28.4 Å². The highest BCUT2D eigenvalue weighted by Gasteiger charge is 2.10. The minimum absolute atomic E-state index is 0.0669. The van der Waals surface area contributed by atoms with Crippen LogP contribution in [0.25, 0.3) is 11.3 Å². The van der Waals surface area contributed by atoms with Crippen LogP contribution in [0.4, 0.5) is 5.13 Å². The minimum atomic E-state index is -0.0669. The normalized spacial score (nSPS) is 10.8. The zero-order valence-electron chi connectivity index (χ0n) is 15.8. The number of benzene rings is 2. The summed E-state index contributed by atoms with van der Waals surface area (Å²) >= 11 is 4.52. The van der Waals surface area contributed by atoms with Gasteiger partial charge in [0.15, 0.2) is 9.47 Å². The van der Waals surface area contributed by atoms with E-state index in [4.69, 9.17) is 0 Å². The van der Waals surface area contributed by atoms with Crippen LogP contribution in [-0.4, -0.2) is 21.6 Å². The maximum Gasteiger partial charge on any atom is 0.236 e. The van der Waals surface area contributed by atoms with Crippen LogP contribution in [0.5, 0.6) is 0 Å². The number of carbonyl (C=O) groups excluding carboxylic acids is 1. The van der Waals surface area contributed by atoms with Gasteiger partial charge in [-0.2, -0.15) is 0 Å². The Bertz CT molecular complexity index is 1090. The van der Waals surface area contributed by atoms with Gasteiger partial charge in [-0.25, -0.2) is 9.97 Å². The third-order valence-electron chi connectivity index (χ3n) is 4.18. The summed E-state index contributed by atoms with van der Waals surface area (Å²) in [4.78, 5) is 22.3. The Labute approximate surface area is 182 Å². The van der Waals surface area contributed by atoms with E-state index in [1.807, 2.05) is 41.9 Å². The summed E-state index contributed by atoms with van der Waals surface area (Å²) in [5, 5.41) is 5.55. The second-order valence-electron chi connectivity index (χ2n) is 6.50. The molecular weight excluding hydrogens is 418 g/mol. The SMILES string of the molecule is Cc1ccc(Cc2cnc(NC(=O)CSc3nc(-c4ccccc4)cs3)s2)cc1. The van der Waals surface area contributed by atoms with Gasteiger partial charge in [-0.15, -0.1) is 22.7 Å². The molecule has 1 N–H and O–H groups in total. The first kappa shape index (κ1) is 19.8. The number of nitrogens with zero attached hydrogens (tertiary/aromatic N) is 2. The molecule has 1 amide bonds. The highest BCUT2D eigenvalue weighted by molar-refractivity contribution is 8.01. The predicted molar refractivity (Wildman–Crippen MR) is 123 cm³/mol. The summed E-state index contributed by atoms with van der Waals surface area (Å²) < 4.78 is 0.887. The van der Waals surface area contributed by atoms with Crippen LogP contribution in [0.15, 0.2) is 70.5 Å². The molecule has 0 fully saturated rings. The number of rotatable bonds is 7. The van der Waals surface area contributed by atoms with Gasteiger partial charge in [-0.05, 0) is 12.5 Å². The van der Waals surface area contributed by atoms with E-state index in [1.165, 1.54) is 34.2 Å². The molecule has 0 spiro atoms. The molecule has 2 heterocycles. The molecule has 0 bridgehead atoms. The fourth-order valence-corrected chi connectivity index (χ4v) is 5.20. The van der Waals surface area contributed by atoms with Gasteiger partial charge in [0.1, 0.15) is 0 Å². The van der Waals surface area contributed by atoms with Crippen molar-refractivity contribution >= 4 is 45.5 Å². The zero-order valence-corrected chi connectivity index (χ0v) is 18.2. The third kappa shape index (κ3) is 5.53. The number of nitrogens with one attached hydrogen (secondary N) is 1. The van der Waals surface area contributed by atoms with E-state index < -0.39 is 0 Å². The van der Waals surface area contributed by atoms with Crippen molar-refractivity contribution in [3.63, 3.8) is 0 Å². The first-order valence-corrected chi connectivity index (χ1v) is 11.8. The number of carbonyl (C=O) groups is 1. The van der Waals surface area contributed by atoms with E-state index in [9.17, 15) is 4.79 Å². The largest absolute Gasteiger partial charge is 0.301 e. The fraction of sp³-hybridized carbons (Fsp3) is 0.136. The topological polar surface area (TPSA) is 54.9 Å². The average molecular weight is 438 g/mol. The van der Waals surface area contributed by atoms with Crippen LogP contribution in [0.1, 0.15) is 16.0 Å². The summed E-state index contributed by atoms with van der Waals surface area (Å²) in [6, 6.07) is 18.5. The number of amides is 1. The van der Waals surface area contributed by atoms with E-state index in [1.54, 1.807) is 11.3 Å². The lowest BCUT2D eigenvalue weighted by Gasteiger charge is -2.00. The highest BCUT2D eigenvalue weighted by Crippen LogP contribution is 2.28. The molecule has 0 aliphatic carbocycles. The molecule has 146 valence electrons. The maximum absolute atomic E-state index is 12.3. The molecule has 0 unspecified atom stereocenters. The van der Waals surface area contributed by atoms with Crippen molar-refractivity contribution in [1.29, 1.82) is 0 Å². The van der Waals surface area contributed by atoms with Crippen molar-refractivity contribution in [3.8, 4) is 11.3 Å². The van der Waals surface area contributed by atoms with E-state index in [2.05, 4.69) is 46.5 Å². The molecular formula is C22H19N3OS3. The second-order valence-corrected chi connectivity index (χ2v) is 9.69. The maximum atomic E-state index is 12.3. The van der Waals surface area contributed by atoms with Gasteiger partial charge in [-0.1, -0.05) is 71.9 Å². The van der Waals surface area contributed by atoms with Gasteiger partial charge in [0.25, 0.3) is 0 Å². The number of anilines is 1. The summed E-state index contributed by atoms with van der Waals surface area (Å²) in [5.41, 5.74) is 4.52. The third-order valence-corrected chi connectivity index (χ3v) is 7.11. The lowest BCUT2D eigenvalue weighted by atomic mass is 10.1. The zero-order chi connectivity index (χ0) is 20.1. The minimum Gasteiger partial charge on any atom is -0.301 e. The monoisotopic (exact) mass is 437 g/mol. The molecule has 4 aromatic rings.